The van der Waals surface area contributed by atoms with Crippen LogP contribution in [0.25, 0.3) is 0 Å². The van der Waals surface area contributed by atoms with Crippen molar-refractivity contribution in [2.75, 3.05) is 0 Å². The molecule has 4 amide bonds. The van der Waals surface area contributed by atoms with E-state index in [2.05, 4.69) is 10.3 Å². The van der Waals surface area contributed by atoms with Gasteiger partial charge in [-0.15, -0.1) is 11.3 Å². The van der Waals surface area contributed by atoms with Gasteiger partial charge in [0.2, 0.25) is 11.8 Å². The Morgan fingerprint density at radius 2 is 2.00 bits per heavy atom. The Morgan fingerprint density at radius 3 is 2.53 bits per heavy atom. The Morgan fingerprint density at radius 1 is 1.37 bits per heavy atom. The number of hydrogen-bond acceptors (Lipinski definition) is 5. The number of imide groups is 2. The second-order valence-corrected chi connectivity index (χ2v) is 5.95. The molecule has 1 unspecified atom stereocenters. The quantitative estimate of drug-likeness (QED) is 0.835. The molecule has 1 aliphatic rings. The molecule has 1 aromatic rings. The smallest absolute Gasteiger partial charge is 0.277 e. The zero-order chi connectivity index (χ0) is 14.4. The van der Waals surface area contributed by atoms with Gasteiger partial charge in [0, 0.05) is 11.1 Å². The molecule has 1 saturated heterocycles. The van der Waals surface area contributed by atoms with Crippen LogP contribution >= 0.6 is 11.3 Å². The van der Waals surface area contributed by atoms with Crippen molar-refractivity contribution in [3.8, 4) is 0 Å². The maximum absolute atomic E-state index is 12.3. The van der Waals surface area contributed by atoms with Crippen molar-refractivity contribution in [3.63, 3.8) is 0 Å². The lowest BCUT2D eigenvalue weighted by molar-refractivity contribution is -0.150. The van der Waals surface area contributed by atoms with Crippen LogP contribution in [0.4, 0.5) is 4.79 Å². The molecule has 102 valence electrons. The first-order valence-corrected chi connectivity index (χ1v) is 6.74. The lowest BCUT2D eigenvalue weighted by Gasteiger charge is -2.37. The standard InChI is InChI=1S/C12H15N3O3S/c1-6-5-19-8(13-6)7(2)15-10(17)12(3,4)9(16)14-11(15)18/h5,7H,1-4H3,(H,14,16,18). The number of aryl methyl sites for hydroxylation is 1. The summed E-state index contributed by atoms with van der Waals surface area (Å²) in [5.74, 6) is -1.07. The lowest BCUT2D eigenvalue weighted by Crippen LogP contribution is -2.62. The van der Waals surface area contributed by atoms with E-state index in [0.717, 1.165) is 10.6 Å². The van der Waals surface area contributed by atoms with E-state index in [-0.39, 0.29) is 0 Å². The van der Waals surface area contributed by atoms with Crippen molar-refractivity contribution in [1.82, 2.24) is 15.2 Å². The van der Waals surface area contributed by atoms with E-state index >= 15 is 0 Å². The first kappa shape index (κ1) is 13.7. The SMILES string of the molecule is Cc1csc(C(C)N2C(=O)NC(=O)C(C)(C)C2=O)n1. The first-order valence-electron chi connectivity index (χ1n) is 5.86. The van der Waals surface area contributed by atoms with Gasteiger partial charge in [0.25, 0.3) is 0 Å². The van der Waals surface area contributed by atoms with Gasteiger partial charge in [-0.25, -0.2) is 9.78 Å². The summed E-state index contributed by atoms with van der Waals surface area (Å²) < 4.78 is 0. The molecule has 1 aliphatic heterocycles. The Kier molecular flexibility index (Phi) is 3.17. The molecule has 0 aromatic carbocycles. The zero-order valence-corrected chi connectivity index (χ0v) is 12.0. The molecule has 0 aliphatic carbocycles. The lowest BCUT2D eigenvalue weighted by atomic mass is 9.88. The third kappa shape index (κ3) is 2.14. The average Bonchev–Trinajstić information content (AvgIpc) is 2.74. The number of urea groups is 1. The van der Waals surface area contributed by atoms with Gasteiger partial charge in [-0.05, 0) is 27.7 Å². The number of carbonyl (C=O) groups is 3. The molecule has 1 N–H and O–H groups in total. The number of nitrogens with one attached hydrogen (secondary N) is 1. The molecule has 1 atom stereocenters. The largest absolute Gasteiger partial charge is 0.331 e. The Labute approximate surface area is 114 Å². The predicted molar refractivity (Wildman–Crippen MR) is 69.4 cm³/mol. The Balaban J connectivity index is 2.35. The van der Waals surface area contributed by atoms with Crippen LogP contribution in [-0.2, 0) is 9.59 Å². The number of hydrogen-bond donors (Lipinski definition) is 1. The van der Waals surface area contributed by atoms with Gasteiger partial charge in [0.1, 0.15) is 10.4 Å². The van der Waals surface area contributed by atoms with Gasteiger partial charge >= 0.3 is 6.03 Å². The summed E-state index contributed by atoms with van der Waals surface area (Å²) in [7, 11) is 0. The normalized spacial score (nSPS) is 20.4. The maximum Gasteiger partial charge on any atom is 0.331 e. The minimum absolute atomic E-state index is 0.487. The van der Waals surface area contributed by atoms with Crippen molar-refractivity contribution in [3.05, 3.63) is 16.1 Å². The second-order valence-electron chi connectivity index (χ2n) is 5.06. The average molecular weight is 281 g/mol. The second kappa shape index (κ2) is 4.41. The van der Waals surface area contributed by atoms with Crippen LogP contribution in [-0.4, -0.2) is 27.7 Å². The number of aromatic nitrogens is 1. The third-order valence-electron chi connectivity index (χ3n) is 3.14. The van der Waals surface area contributed by atoms with E-state index < -0.39 is 29.3 Å². The number of thiazole rings is 1. The monoisotopic (exact) mass is 281 g/mol. The molecule has 1 fully saturated rings. The number of rotatable bonds is 2. The molecule has 2 rings (SSSR count). The van der Waals surface area contributed by atoms with Gasteiger partial charge in [-0.1, -0.05) is 0 Å². The minimum Gasteiger partial charge on any atom is -0.277 e. The highest BCUT2D eigenvalue weighted by molar-refractivity contribution is 7.09. The molecule has 19 heavy (non-hydrogen) atoms. The van der Waals surface area contributed by atoms with Crippen molar-refractivity contribution in [2.24, 2.45) is 5.41 Å². The molecule has 6 nitrogen and oxygen atoms in total. The molecule has 0 saturated carbocycles. The van der Waals surface area contributed by atoms with Crippen LogP contribution < -0.4 is 5.32 Å². The molecule has 0 radical (unpaired) electrons. The van der Waals surface area contributed by atoms with Crippen LogP contribution in [0.2, 0.25) is 0 Å². The van der Waals surface area contributed by atoms with Crippen molar-refractivity contribution < 1.29 is 14.4 Å². The van der Waals surface area contributed by atoms with Crippen LogP contribution in [0.3, 0.4) is 0 Å². The van der Waals surface area contributed by atoms with Crippen LogP contribution in [0.5, 0.6) is 0 Å². The summed E-state index contributed by atoms with van der Waals surface area (Å²) in [6.07, 6.45) is 0. The molecule has 0 bridgehead atoms. The minimum atomic E-state index is -1.24. The van der Waals surface area contributed by atoms with Gasteiger partial charge in [-0.3, -0.25) is 19.8 Å². The summed E-state index contributed by atoms with van der Waals surface area (Å²) in [5, 5.41) is 4.74. The fourth-order valence-corrected chi connectivity index (χ4v) is 2.67. The third-order valence-corrected chi connectivity index (χ3v) is 4.27. The van der Waals surface area contributed by atoms with Crippen LogP contribution in [0.1, 0.15) is 37.5 Å². The van der Waals surface area contributed by atoms with E-state index in [1.54, 1.807) is 6.92 Å². The number of carbonyl (C=O) groups excluding carboxylic acids is 3. The van der Waals surface area contributed by atoms with E-state index in [1.807, 2.05) is 12.3 Å². The molecule has 0 spiro atoms. The molecule has 2 heterocycles. The summed E-state index contributed by atoms with van der Waals surface area (Å²) in [4.78, 5) is 41.2. The van der Waals surface area contributed by atoms with Crippen LogP contribution in [0, 0.1) is 12.3 Å². The fraction of sp³-hybridized carbons (Fsp3) is 0.500. The van der Waals surface area contributed by atoms with Gasteiger partial charge in [0.05, 0.1) is 6.04 Å². The summed E-state index contributed by atoms with van der Waals surface area (Å²) in [6, 6.07) is -1.17. The van der Waals surface area contributed by atoms with Crippen molar-refractivity contribution in [1.29, 1.82) is 0 Å². The van der Waals surface area contributed by atoms with Crippen LogP contribution in [0.15, 0.2) is 5.38 Å². The summed E-state index contributed by atoms with van der Waals surface area (Å²) in [6.45, 7) is 6.58. The van der Waals surface area contributed by atoms with Crippen molar-refractivity contribution in [2.45, 2.75) is 33.7 Å². The summed E-state index contributed by atoms with van der Waals surface area (Å²) >= 11 is 1.39. The molecular formula is C12H15N3O3S. The highest BCUT2D eigenvalue weighted by atomic mass is 32.1. The Bertz CT molecular complexity index is 564. The fourth-order valence-electron chi connectivity index (χ4n) is 1.83. The van der Waals surface area contributed by atoms with E-state index in [0.29, 0.717) is 5.01 Å². The molecule has 1 aromatic heterocycles. The highest BCUT2D eigenvalue weighted by Gasteiger charge is 2.49. The maximum atomic E-state index is 12.3. The van der Waals surface area contributed by atoms with Gasteiger partial charge < -0.3 is 0 Å². The van der Waals surface area contributed by atoms with E-state index in [1.165, 1.54) is 25.2 Å². The van der Waals surface area contributed by atoms with E-state index in [9.17, 15) is 14.4 Å². The topological polar surface area (TPSA) is 79.4 Å². The summed E-state index contributed by atoms with van der Waals surface area (Å²) in [5.41, 5.74) is -0.402. The predicted octanol–water partition coefficient (Wildman–Crippen LogP) is 1.62. The number of nitrogens with zero attached hydrogens (tertiary/aromatic N) is 2. The number of amides is 4. The van der Waals surface area contributed by atoms with Gasteiger partial charge in [0.15, 0.2) is 0 Å². The van der Waals surface area contributed by atoms with E-state index in [4.69, 9.17) is 0 Å². The first-order chi connectivity index (χ1) is 8.75. The van der Waals surface area contributed by atoms with Gasteiger partial charge in [-0.2, -0.15) is 0 Å². The highest BCUT2D eigenvalue weighted by Crippen LogP contribution is 2.31. The Hall–Kier alpha value is -1.76. The molecule has 7 heteroatoms. The number of barbiturate groups is 1. The zero-order valence-electron chi connectivity index (χ0n) is 11.2. The molecular weight excluding hydrogens is 266 g/mol. The van der Waals surface area contributed by atoms with Crippen molar-refractivity contribution >= 4 is 29.2 Å².